The summed E-state index contributed by atoms with van der Waals surface area (Å²) in [6, 6.07) is 15.4. The summed E-state index contributed by atoms with van der Waals surface area (Å²) in [6.07, 6.45) is 1.85. The quantitative estimate of drug-likeness (QED) is 0.647. The van der Waals surface area contributed by atoms with Gasteiger partial charge in [-0.3, -0.25) is 4.79 Å². The van der Waals surface area contributed by atoms with E-state index >= 15 is 0 Å². The average Bonchev–Trinajstić information content (AvgIpc) is 2.87. The van der Waals surface area contributed by atoms with Crippen molar-refractivity contribution >= 4 is 32.6 Å². The van der Waals surface area contributed by atoms with Crippen molar-refractivity contribution in [3.05, 3.63) is 64.3 Å². The number of carbonyl (C=O) groups is 1. The Morgan fingerprint density at radius 3 is 2.67 bits per heavy atom. The van der Waals surface area contributed by atoms with Gasteiger partial charge in [-0.05, 0) is 47.1 Å². The summed E-state index contributed by atoms with van der Waals surface area (Å²) in [4.78, 5) is 11.8. The Labute approximate surface area is 130 Å². The zero-order valence-electron chi connectivity index (χ0n) is 11.3. The lowest BCUT2D eigenvalue weighted by atomic mass is 10.1. The summed E-state index contributed by atoms with van der Waals surface area (Å²) >= 11 is 3.40. The second-order valence-corrected chi connectivity index (χ2v) is 5.62. The maximum atomic E-state index is 11.8. The summed E-state index contributed by atoms with van der Waals surface area (Å²) in [7, 11) is 0. The van der Waals surface area contributed by atoms with Crippen LogP contribution in [0.5, 0.6) is 0 Å². The van der Waals surface area contributed by atoms with Crippen LogP contribution in [0.2, 0.25) is 0 Å². The summed E-state index contributed by atoms with van der Waals surface area (Å²) < 4.78 is 2.71. The minimum absolute atomic E-state index is 0.0395. The molecule has 0 saturated carbocycles. The van der Waals surface area contributed by atoms with Gasteiger partial charge in [-0.25, -0.2) is 0 Å². The minimum Gasteiger partial charge on any atom is -0.316 e. The second-order valence-electron chi connectivity index (χ2n) is 4.76. The van der Waals surface area contributed by atoms with E-state index in [2.05, 4.69) is 22.0 Å². The molecular formula is C17H11BrN2O. The summed E-state index contributed by atoms with van der Waals surface area (Å²) in [5.74, 6) is 0.0395. The molecule has 21 heavy (non-hydrogen) atoms. The van der Waals surface area contributed by atoms with Crippen LogP contribution in [0.3, 0.4) is 0 Å². The fourth-order valence-electron chi connectivity index (χ4n) is 2.42. The predicted octanol–water partition coefficient (Wildman–Crippen LogP) is 4.47. The van der Waals surface area contributed by atoms with Crippen molar-refractivity contribution < 1.29 is 4.79 Å². The number of nitrogens with zero attached hydrogens (tertiary/aromatic N) is 2. The summed E-state index contributed by atoms with van der Waals surface area (Å²) in [5, 5.41) is 9.93. The minimum atomic E-state index is 0.0395. The van der Waals surface area contributed by atoms with E-state index in [1.165, 1.54) is 0 Å². The van der Waals surface area contributed by atoms with Crippen LogP contribution in [0.15, 0.2) is 53.1 Å². The number of hydrogen-bond acceptors (Lipinski definition) is 2. The van der Waals surface area contributed by atoms with Gasteiger partial charge in [0.1, 0.15) is 6.07 Å². The molecule has 3 nitrogen and oxygen atoms in total. The van der Waals surface area contributed by atoms with Crippen LogP contribution in [0.1, 0.15) is 22.8 Å². The highest BCUT2D eigenvalue weighted by molar-refractivity contribution is 9.10. The van der Waals surface area contributed by atoms with E-state index in [1.54, 1.807) is 13.0 Å². The molecule has 4 heteroatoms. The third kappa shape index (κ3) is 2.26. The van der Waals surface area contributed by atoms with Gasteiger partial charge in [-0.15, -0.1) is 0 Å². The monoisotopic (exact) mass is 338 g/mol. The normalized spacial score (nSPS) is 10.5. The van der Waals surface area contributed by atoms with E-state index in [0.717, 1.165) is 21.1 Å². The van der Waals surface area contributed by atoms with Crippen LogP contribution in [-0.2, 0) is 0 Å². The number of rotatable bonds is 2. The van der Waals surface area contributed by atoms with Gasteiger partial charge < -0.3 is 4.57 Å². The average molecular weight is 339 g/mol. The number of fused-ring (bicyclic) bond motifs is 1. The van der Waals surface area contributed by atoms with E-state index in [1.807, 2.05) is 47.2 Å². The maximum absolute atomic E-state index is 11.8. The lowest BCUT2D eigenvalue weighted by Gasteiger charge is -2.06. The molecular weight excluding hydrogens is 328 g/mol. The molecule has 0 saturated heterocycles. The molecule has 102 valence electrons. The highest BCUT2D eigenvalue weighted by atomic mass is 79.9. The number of ketones is 1. The van der Waals surface area contributed by atoms with Crippen LogP contribution in [0.4, 0.5) is 0 Å². The van der Waals surface area contributed by atoms with Gasteiger partial charge in [0.25, 0.3) is 0 Å². The van der Waals surface area contributed by atoms with Crippen molar-refractivity contribution in [3.8, 4) is 11.8 Å². The lowest BCUT2D eigenvalue weighted by Crippen LogP contribution is -1.93. The van der Waals surface area contributed by atoms with E-state index in [9.17, 15) is 4.79 Å². The summed E-state index contributed by atoms with van der Waals surface area (Å²) in [5.41, 5.74) is 3.16. The van der Waals surface area contributed by atoms with Gasteiger partial charge in [0, 0.05) is 27.3 Å². The van der Waals surface area contributed by atoms with Crippen molar-refractivity contribution in [1.82, 2.24) is 4.57 Å². The molecule has 3 aromatic rings. The first-order valence-electron chi connectivity index (χ1n) is 6.43. The van der Waals surface area contributed by atoms with E-state index < -0.39 is 0 Å². The molecule has 0 aliphatic heterocycles. The van der Waals surface area contributed by atoms with Crippen LogP contribution < -0.4 is 0 Å². The Morgan fingerprint density at radius 2 is 2.00 bits per heavy atom. The molecule has 0 spiro atoms. The largest absolute Gasteiger partial charge is 0.316 e. The maximum Gasteiger partial charge on any atom is 0.161 e. The van der Waals surface area contributed by atoms with E-state index in [0.29, 0.717) is 11.1 Å². The number of Topliss-reactive ketones (excluding diaryl/α,β-unsaturated/α-hetero) is 1. The first kappa shape index (κ1) is 13.6. The van der Waals surface area contributed by atoms with Gasteiger partial charge in [0.15, 0.2) is 5.78 Å². The molecule has 2 aromatic carbocycles. The third-order valence-electron chi connectivity index (χ3n) is 3.44. The highest BCUT2D eigenvalue weighted by Gasteiger charge is 2.13. The molecule has 0 aliphatic carbocycles. The van der Waals surface area contributed by atoms with Gasteiger partial charge in [-0.1, -0.05) is 18.2 Å². The van der Waals surface area contributed by atoms with Crippen LogP contribution in [0.25, 0.3) is 16.6 Å². The third-order valence-corrected chi connectivity index (χ3v) is 4.10. The number of halogens is 1. The number of benzene rings is 2. The molecule has 1 heterocycles. The molecule has 0 amide bonds. The summed E-state index contributed by atoms with van der Waals surface area (Å²) in [6.45, 7) is 1.57. The lowest BCUT2D eigenvalue weighted by molar-refractivity contribution is 0.101. The zero-order valence-corrected chi connectivity index (χ0v) is 12.9. The molecule has 0 atom stereocenters. The highest BCUT2D eigenvalue weighted by Crippen LogP contribution is 2.27. The van der Waals surface area contributed by atoms with Gasteiger partial charge in [-0.2, -0.15) is 5.26 Å². The van der Waals surface area contributed by atoms with Crippen molar-refractivity contribution in [2.24, 2.45) is 0 Å². The Balaban J connectivity index is 2.28. The van der Waals surface area contributed by atoms with Gasteiger partial charge in [0.2, 0.25) is 0 Å². The van der Waals surface area contributed by atoms with Crippen molar-refractivity contribution in [3.63, 3.8) is 0 Å². The SMILES string of the molecule is CC(=O)c1cn(-c2ccc(C#N)c(Br)c2)c2ccccc12. The van der Waals surface area contributed by atoms with Crippen molar-refractivity contribution in [1.29, 1.82) is 5.26 Å². The van der Waals surface area contributed by atoms with Crippen LogP contribution in [-0.4, -0.2) is 10.4 Å². The van der Waals surface area contributed by atoms with Crippen molar-refractivity contribution in [2.75, 3.05) is 0 Å². The topological polar surface area (TPSA) is 45.8 Å². The number of aromatic nitrogens is 1. The van der Waals surface area contributed by atoms with Crippen molar-refractivity contribution in [2.45, 2.75) is 6.92 Å². The molecule has 3 rings (SSSR count). The molecule has 0 aliphatic rings. The number of hydrogen-bond donors (Lipinski definition) is 0. The molecule has 0 fully saturated rings. The second kappa shape index (κ2) is 5.19. The molecule has 0 radical (unpaired) electrons. The van der Waals surface area contributed by atoms with Crippen LogP contribution >= 0.6 is 15.9 Å². The fourth-order valence-corrected chi connectivity index (χ4v) is 2.87. The zero-order chi connectivity index (χ0) is 15.0. The Bertz CT molecular complexity index is 903. The molecule has 1 aromatic heterocycles. The Hall–Kier alpha value is -2.38. The smallest absolute Gasteiger partial charge is 0.161 e. The number of nitriles is 1. The first-order valence-corrected chi connectivity index (χ1v) is 7.22. The first-order chi connectivity index (χ1) is 10.1. The Kier molecular flexibility index (Phi) is 3.36. The van der Waals surface area contributed by atoms with E-state index in [4.69, 9.17) is 5.26 Å². The molecule has 0 unspecified atom stereocenters. The fraction of sp³-hybridized carbons (Fsp3) is 0.0588. The number of carbonyl (C=O) groups excluding carboxylic acids is 1. The standard InChI is InChI=1S/C17H11BrN2O/c1-11(21)15-10-20(17-5-3-2-4-14(15)17)13-7-6-12(9-19)16(18)8-13/h2-8,10H,1H3. The predicted molar refractivity (Wildman–Crippen MR) is 85.7 cm³/mol. The number of para-hydroxylation sites is 1. The van der Waals surface area contributed by atoms with Gasteiger partial charge in [0.05, 0.1) is 11.1 Å². The molecule has 0 N–H and O–H groups in total. The van der Waals surface area contributed by atoms with E-state index in [-0.39, 0.29) is 5.78 Å². The Morgan fingerprint density at radius 1 is 1.24 bits per heavy atom. The van der Waals surface area contributed by atoms with Gasteiger partial charge >= 0.3 is 0 Å². The molecule has 0 bridgehead atoms. The van der Waals surface area contributed by atoms with Crippen LogP contribution in [0, 0.1) is 11.3 Å².